The summed E-state index contributed by atoms with van der Waals surface area (Å²) < 4.78 is 1.80. The van der Waals surface area contributed by atoms with E-state index in [1.54, 1.807) is 4.68 Å². The molecular formula is C12H23N5. The average molecular weight is 237 g/mol. The van der Waals surface area contributed by atoms with Gasteiger partial charge in [0, 0.05) is 25.8 Å². The third-order valence-corrected chi connectivity index (χ3v) is 3.91. The summed E-state index contributed by atoms with van der Waals surface area (Å²) in [6.45, 7) is 5.55. The maximum Gasteiger partial charge on any atom is 0.0964 e. The molecule has 0 radical (unpaired) electrons. The second kappa shape index (κ2) is 5.60. The summed E-state index contributed by atoms with van der Waals surface area (Å²) in [5, 5.41) is 11.6. The molecule has 1 aromatic heterocycles. The van der Waals surface area contributed by atoms with E-state index in [0.29, 0.717) is 12.0 Å². The minimum Gasteiger partial charge on any atom is -0.329 e. The van der Waals surface area contributed by atoms with Crippen LogP contribution < -0.4 is 11.1 Å². The van der Waals surface area contributed by atoms with Gasteiger partial charge in [-0.3, -0.25) is 4.68 Å². The number of rotatable bonds is 7. The van der Waals surface area contributed by atoms with E-state index in [1.165, 1.54) is 25.7 Å². The molecule has 0 amide bonds. The Kier molecular flexibility index (Phi) is 4.12. The third kappa shape index (κ3) is 3.04. The molecule has 0 saturated heterocycles. The molecule has 0 spiro atoms. The third-order valence-electron chi connectivity index (χ3n) is 3.91. The minimum atomic E-state index is 0.563. The van der Waals surface area contributed by atoms with Crippen LogP contribution in [0.3, 0.4) is 0 Å². The lowest BCUT2D eigenvalue weighted by Crippen LogP contribution is -2.39. The molecular weight excluding hydrogens is 214 g/mol. The average Bonchev–Trinajstić information content (AvgIpc) is 2.71. The monoisotopic (exact) mass is 237 g/mol. The Balaban J connectivity index is 1.73. The lowest BCUT2D eigenvalue weighted by molar-refractivity contribution is 0.123. The van der Waals surface area contributed by atoms with Crippen LogP contribution in [0.5, 0.6) is 0 Å². The van der Waals surface area contributed by atoms with Crippen LogP contribution in [0.25, 0.3) is 0 Å². The van der Waals surface area contributed by atoms with Gasteiger partial charge < -0.3 is 11.1 Å². The molecule has 1 heterocycles. The van der Waals surface area contributed by atoms with Crippen molar-refractivity contribution in [1.29, 1.82) is 0 Å². The minimum absolute atomic E-state index is 0.563. The van der Waals surface area contributed by atoms with E-state index in [9.17, 15) is 0 Å². The van der Waals surface area contributed by atoms with Crippen LogP contribution in [0.2, 0.25) is 0 Å². The van der Waals surface area contributed by atoms with Gasteiger partial charge in [0.05, 0.1) is 12.2 Å². The van der Waals surface area contributed by atoms with E-state index in [-0.39, 0.29) is 0 Å². The molecule has 5 heteroatoms. The van der Waals surface area contributed by atoms with Gasteiger partial charge in [-0.05, 0) is 24.7 Å². The first-order valence-electron chi connectivity index (χ1n) is 6.58. The maximum atomic E-state index is 5.47. The standard InChI is InChI=1S/C12H23N5/c1-2-12(4-3-5-12)10-14-8-11-9-17(7-6-13)16-15-11/h9,14H,2-8,10,13H2,1H3. The summed E-state index contributed by atoms with van der Waals surface area (Å²) in [5.41, 5.74) is 7.03. The molecule has 1 aromatic rings. The largest absolute Gasteiger partial charge is 0.329 e. The Morgan fingerprint density at radius 2 is 2.35 bits per heavy atom. The zero-order valence-electron chi connectivity index (χ0n) is 10.7. The molecule has 17 heavy (non-hydrogen) atoms. The van der Waals surface area contributed by atoms with Gasteiger partial charge in [0.1, 0.15) is 0 Å². The van der Waals surface area contributed by atoms with Crippen LogP contribution in [0, 0.1) is 5.41 Å². The fourth-order valence-electron chi connectivity index (χ4n) is 2.45. The van der Waals surface area contributed by atoms with E-state index in [1.807, 2.05) is 6.20 Å². The highest BCUT2D eigenvalue weighted by molar-refractivity contribution is 4.94. The van der Waals surface area contributed by atoms with Crippen molar-refractivity contribution in [2.75, 3.05) is 13.1 Å². The number of hydrogen-bond acceptors (Lipinski definition) is 4. The summed E-state index contributed by atoms with van der Waals surface area (Å²) in [4.78, 5) is 0. The number of nitrogens with two attached hydrogens (primary N) is 1. The summed E-state index contributed by atoms with van der Waals surface area (Å²) in [6, 6.07) is 0. The lowest BCUT2D eigenvalue weighted by Gasteiger charge is -2.41. The summed E-state index contributed by atoms with van der Waals surface area (Å²) >= 11 is 0. The quantitative estimate of drug-likeness (QED) is 0.739. The van der Waals surface area contributed by atoms with Crippen LogP contribution >= 0.6 is 0 Å². The molecule has 0 aromatic carbocycles. The van der Waals surface area contributed by atoms with Crippen LogP contribution in [-0.4, -0.2) is 28.1 Å². The highest BCUT2D eigenvalue weighted by Crippen LogP contribution is 2.42. The fraction of sp³-hybridized carbons (Fsp3) is 0.833. The van der Waals surface area contributed by atoms with Crippen molar-refractivity contribution in [3.05, 3.63) is 11.9 Å². The molecule has 1 saturated carbocycles. The summed E-state index contributed by atoms with van der Waals surface area (Å²) in [6.07, 6.45) is 7.38. The van der Waals surface area contributed by atoms with Gasteiger partial charge in [0.2, 0.25) is 0 Å². The van der Waals surface area contributed by atoms with Gasteiger partial charge in [0.15, 0.2) is 0 Å². The first-order valence-corrected chi connectivity index (χ1v) is 6.58. The van der Waals surface area contributed by atoms with Crippen molar-refractivity contribution in [1.82, 2.24) is 20.3 Å². The zero-order chi connectivity index (χ0) is 12.1. The Morgan fingerprint density at radius 3 is 2.94 bits per heavy atom. The van der Waals surface area contributed by atoms with Gasteiger partial charge in [0.25, 0.3) is 0 Å². The van der Waals surface area contributed by atoms with E-state index >= 15 is 0 Å². The van der Waals surface area contributed by atoms with Crippen molar-refractivity contribution in [3.63, 3.8) is 0 Å². The summed E-state index contributed by atoms with van der Waals surface area (Å²) in [7, 11) is 0. The van der Waals surface area contributed by atoms with Gasteiger partial charge in [-0.2, -0.15) is 0 Å². The van der Waals surface area contributed by atoms with Crippen molar-refractivity contribution in [2.24, 2.45) is 11.1 Å². The Morgan fingerprint density at radius 1 is 1.53 bits per heavy atom. The highest BCUT2D eigenvalue weighted by atomic mass is 15.4. The van der Waals surface area contributed by atoms with Gasteiger partial charge in [-0.15, -0.1) is 5.10 Å². The van der Waals surface area contributed by atoms with Crippen LogP contribution in [0.1, 0.15) is 38.3 Å². The molecule has 1 fully saturated rings. The predicted octanol–water partition coefficient (Wildman–Crippen LogP) is 0.907. The molecule has 1 aliphatic carbocycles. The number of hydrogen-bond donors (Lipinski definition) is 2. The SMILES string of the molecule is CCC1(CNCc2cn(CCN)nn2)CCC1. The van der Waals surface area contributed by atoms with Crippen molar-refractivity contribution in [3.8, 4) is 0 Å². The predicted molar refractivity (Wildman–Crippen MR) is 67.4 cm³/mol. The lowest BCUT2D eigenvalue weighted by atomic mass is 9.67. The van der Waals surface area contributed by atoms with Gasteiger partial charge >= 0.3 is 0 Å². The second-order valence-electron chi connectivity index (χ2n) is 5.07. The summed E-state index contributed by atoms with van der Waals surface area (Å²) in [5.74, 6) is 0. The van der Waals surface area contributed by atoms with Gasteiger partial charge in [-0.25, -0.2) is 0 Å². The first kappa shape index (κ1) is 12.5. The molecule has 0 bridgehead atoms. The number of aromatic nitrogens is 3. The molecule has 0 unspecified atom stereocenters. The van der Waals surface area contributed by atoms with Crippen molar-refractivity contribution < 1.29 is 0 Å². The van der Waals surface area contributed by atoms with Crippen LogP contribution in [0.15, 0.2) is 6.20 Å². The van der Waals surface area contributed by atoms with E-state index < -0.39 is 0 Å². The molecule has 1 aliphatic rings. The molecule has 96 valence electrons. The topological polar surface area (TPSA) is 68.8 Å². The molecule has 0 aliphatic heterocycles. The van der Waals surface area contributed by atoms with E-state index in [0.717, 1.165) is 25.3 Å². The normalized spacial score (nSPS) is 18.0. The number of nitrogens with zero attached hydrogens (tertiary/aromatic N) is 3. The maximum absolute atomic E-state index is 5.47. The number of nitrogens with one attached hydrogen (secondary N) is 1. The van der Waals surface area contributed by atoms with Crippen molar-refractivity contribution in [2.45, 2.75) is 45.7 Å². The second-order valence-corrected chi connectivity index (χ2v) is 5.07. The molecule has 5 nitrogen and oxygen atoms in total. The van der Waals surface area contributed by atoms with Crippen LogP contribution in [-0.2, 0) is 13.1 Å². The Labute approximate surface area is 103 Å². The molecule has 2 rings (SSSR count). The fourth-order valence-corrected chi connectivity index (χ4v) is 2.45. The molecule has 3 N–H and O–H groups in total. The smallest absolute Gasteiger partial charge is 0.0964 e. The van der Waals surface area contributed by atoms with Crippen molar-refractivity contribution >= 4 is 0 Å². The zero-order valence-corrected chi connectivity index (χ0v) is 10.7. The first-order chi connectivity index (χ1) is 8.28. The van der Waals surface area contributed by atoms with Crippen LogP contribution in [0.4, 0.5) is 0 Å². The van der Waals surface area contributed by atoms with E-state index in [4.69, 9.17) is 5.73 Å². The Hall–Kier alpha value is -0.940. The highest BCUT2D eigenvalue weighted by Gasteiger charge is 2.34. The van der Waals surface area contributed by atoms with Gasteiger partial charge in [-0.1, -0.05) is 18.6 Å². The van der Waals surface area contributed by atoms with E-state index in [2.05, 4.69) is 22.6 Å². The molecule has 0 atom stereocenters. The Bertz CT molecular complexity index is 337.